The summed E-state index contributed by atoms with van der Waals surface area (Å²) in [5, 5.41) is 11.9. The Morgan fingerprint density at radius 1 is 1.00 bits per heavy atom. The highest BCUT2D eigenvalue weighted by Crippen LogP contribution is 2.39. The normalized spacial score (nSPS) is 10.6. The summed E-state index contributed by atoms with van der Waals surface area (Å²) in [6, 6.07) is 13.7. The number of anilines is 2. The minimum Gasteiger partial charge on any atom is -0.495 e. The molecule has 0 saturated heterocycles. The zero-order valence-corrected chi connectivity index (χ0v) is 20.7. The Balaban J connectivity index is 1.93. The van der Waals surface area contributed by atoms with Crippen molar-refractivity contribution < 1.29 is 18.6 Å². The highest BCUT2D eigenvalue weighted by atomic mass is 35.5. The molecule has 0 N–H and O–H groups in total. The number of rotatable bonds is 8. The fourth-order valence-electron chi connectivity index (χ4n) is 3.69. The Bertz CT molecular complexity index is 1430. The van der Waals surface area contributed by atoms with Gasteiger partial charge in [0.05, 0.1) is 42.5 Å². The summed E-state index contributed by atoms with van der Waals surface area (Å²) in [6.07, 6.45) is 1.40. The first-order chi connectivity index (χ1) is 17.0. The van der Waals surface area contributed by atoms with E-state index in [9.17, 15) is 5.26 Å². The molecule has 0 aliphatic heterocycles. The van der Waals surface area contributed by atoms with E-state index in [0.717, 1.165) is 17.3 Å². The SMILES string of the molecule is COc1ccc(CN(c2cccc(Cl)c2F)c2ncnc3cc(OC)c(SC#N)cc23)cc1OC. The predicted octanol–water partition coefficient (Wildman–Crippen LogP) is 6.36. The summed E-state index contributed by atoms with van der Waals surface area (Å²) >= 11 is 7.09. The molecule has 178 valence electrons. The number of methoxy groups -OCH3 is 3. The Kier molecular flexibility index (Phi) is 7.44. The molecule has 0 radical (unpaired) electrons. The molecule has 4 rings (SSSR count). The number of thioether (sulfide) groups is 1. The van der Waals surface area contributed by atoms with Gasteiger partial charge in [0.1, 0.15) is 23.3 Å². The fourth-order valence-corrected chi connectivity index (χ4v) is 4.38. The summed E-state index contributed by atoms with van der Waals surface area (Å²) in [4.78, 5) is 11.2. The average molecular weight is 511 g/mol. The van der Waals surface area contributed by atoms with Crippen LogP contribution >= 0.6 is 23.4 Å². The lowest BCUT2D eigenvalue weighted by atomic mass is 10.1. The molecule has 7 nitrogen and oxygen atoms in total. The third-order valence-electron chi connectivity index (χ3n) is 5.32. The molecule has 35 heavy (non-hydrogen) atoms. The second kappa shape index (κ2) is 10.7. The lowest BCUT2D eigenvalue weighted by Crippen LogP contribution is -2.20. The van der Waals surface area contributed by atoms with Crippen molar-refractivity contribution in [2.75, 3.05) is 26.2 Å². The van der Waals surface area contributed by atoms with Crippen LogP contribution in [0.25, 0.3) is 10.9 Å². The van der Waals surface area contributed by atoms with Gasteiger partial charge in [-0.1, -0.05) is 23.7 Å². The van der Waals surface area contributed by atoms with Crippen LogP contribution < -0.4 is 19.1 Å². The minimum absolute atomic E-state index is 0.0134. The summed E-state index contributed by atoms with van der Waals surface area (Å²) in [5.41, 5.74) is 1.63. The number of benzene rings is 3. The second-order valence-corrected chi connectivity index (χ2v) is 8.49. The standard InChI is InChI=1S/C25H20ClFN4O3S/c1-32-20-8-7-15(9-21(20)33-2)12-31(19-6-4-5-17(26)24(19)27)25-16-10-23(35-13-28)22(34-3)11-18(16)29-14-30-25/h4-11,14H,12H2,1-3H3. The van der Waals surface area contributed by atoms with Gasteiger partial charge in [-0.25, -0.2) is 14.4 Å². The van der Waals surface area contributed by atoms with E-state index in [4.69, 9.17) is 25.8 Å². The molecular formula is C25H20ClFN4O3S. The van der Waals surface area contributed by atoms with Gasteiger partial charge in [-0.05, 0) is 47.7 Å². The van der Waals surface area contributed by atoms with E-state index in [2.05, 4.69) is 15.4 Å². The van der Waals surface area contributed by atoms with Crippen molar-refractivity contribution in [2.24, 2.45) is 0 Å². The third-order valence-corrected chi connectivity index (χ3v) is 6.24. The van der Waals surface area contributed by atoms with Crippen LogP contribution in [-0.4, -0.2) is 31.3 Å². The van der Waals surface area contributed by atoms with Crippen molar-refractivity contribution in [1.29, 1.82) is 5.26 Å². The van der Waals surface area contributed by atoms with Gasteiger partial charge >= 0.3 is 0 Å². The van der Waals surface area contributed by atoms with E-state index in [1.54, 1.807) is 49.5 Å². The molecule has 0 amide bonds. The largest absolute Gasteiger partial charge is 0.495 e. The van der Waals surface area contributed by atoms with Crippen molar-refractivity contribution in [3.05, 3.63) is 71.3 Å². The number of ether oxygens (including phenoxy) is 3. The van der Waals surface area contributed by atoms with Gasteiger partial charge in [0, 0.05) is 18.0 Å². The van der Waals surface area contributed by atoms with Crippen LogP contribution in [0.3, 0.4) is 0 Å². The van der Waals surface area contributed by atoms with Gasteiger partial charge in [-0.3, -0.25) is 0 Å². The maximum atomic E-state index is 15.3. The Morgan fingerprint density at radius 2 is 1.77 bits per heavy atom. The molecule has 0 aliphatic carbocycles. The molecule has 1 aromatic heterocycles. The molecule has 4 aromatic rings. The van der Waals surface area contributed by atoms with E-state index in [-0.39, 0.29) is 17.3 Å². The minimum atomic E-state index is -0.582. The molecule has 1 heterocycles. The number of thiocyanates is 1. The summed E-state index contributed by atoms with van der Waals surface area (Å²) in [7, 11) is 4.63. The highest BCUT2D eigenvalue weighted by Gasteiger charge is 2.22. The van der Waals surface area contributed by atoms with Crippen LogP contribution in [0.4, 0.5) is 15.9 Å². The van der Waals surface area contributed by atoms with Crippen molar-refractivity contribution in [2.45, 2.75) is 11.4 Å². The van der Waals surface area contributed by atoms with Crippen molar-refractivity contribution in [1.82, 2.24) is 9.97 Å². The zero-order chi connectivity index (χ0) is 24.9. The summed E-state index contributed by atoms with van der Waals surface area (Å²) in [6.45, 7) is 0.233. The van der Waals surface area contributed by atoms with Crippen LogP contribution in [-0.2, 0) is 6.54 Å². The number of aromatic nitrogens is 2. The topological polar surface area (TPSA) is 80.5 Å². The van der Waals surface area contributed by atoms with Gasteiger partial charge in [-0.2, -0.15) is 5.26 Å². The fraction of sp³-hybridized carbons (Fsp3) is 0.160. The van der Waals surface area contributed by atoms with Crippen LogP contribution in [0.2, 0.25) is 5.02 Å². The third kappa shape index (κ3) is 4.90. The molecule has 10 heteroatoms. The van der Waals surface area contributed by atoms with Crippen LogP contribution in [0.5, 0.6) is 17.2 Å². The van der Waals surface area contributed by atoms with E-state index in [1.165, 1.54) is 19.5 Å². The zero-order valence-electron chi connectivity index (χ0n) is 19.1. The molecule has 0 spiro atoms. The van der Waals surface area contributed by atoms with Gasteiger partial charge in [0.25, 0.3) is 0 Å². The number of nitrogens with zero attached hydrogens (tertiary/aromatic N) is 4. The molecule has 0 saturated carbocycles. The van der Waals surface area contributed by atoms with Gasteiger partial charge < -0.3 is 19.1 Å². The lowest BCUT2D eigenvalue weighted by molar-refractivity contribution is 0.354. The number of hydrogen-bond acceptors (Lipinski definition) is 8. The quantitative estimate of drug-likeness (QED) is 0.200. The van der Waals surface area contributed by atoms with Crippen molar-refractivity contribution >= 4 is 45.8 Å². The van der Waals surface area contributed by atoms with E-state index in [1.807, 2.05) is 12.1 Å². The van der Waals surface area contributed by atoms with Crippen LogP contribution in [0.15, 0.2) is 59.8 Å². The Labute approximate surface area is 211 Å². The number of halogens is 2. The predicted molar refractivity (Wildman–Crippen MR) is 134 cm³/mol. The molecule has 0 fully saturated rings. The van der Waals surface area contributed by atoms with Crippen molar-refractivity contribution in [3.8, 4) is 22.6 Å². The monoisotopic (exact) mass is 510 g/mol. The van der Waals surface area contributed by atoms with Gasteiger partial charge in [0.15, 0.2) is 17.3 Å². The van der Waals surface area contributed by atoms with Crippen molar-refractivity contribution in [3.63, 3.8) is 0 Å². The maximum Gasteiger partial charge on any atom is 0.165 e. The lowest BCUT2D eigenvalue weighted by Gasteiger charge is -2.26. The van der Waals surface area contributed by atoms with Gasteiger partial charge in [0.2, 0.25) is 0 Å². The molecule has 3 aromatic carbocycles. The molecular weight excluding hydrogens is 491 g/mol. The number of fused-ring (bicyclic) bond motifs is 1. The highest BCUT2D eigenvalue weighted by molar-refractivity contribution is 8.03. The van der Waals surface area contributed by atoms with E-state index >= 15 is 4.39 Å². The number of nitriles is 1. The molecule has 0 atom stereocenters. The first-order valence-electron chi connectivity index (χ1n) is 10.3. The van der Waals surface area contributed by atoms with Gasteiger partial charge in [-0.15, -0.1) is 0 Å². The van der Waals surface area contributed by atoms with Crippen LogP contribution in [0, 0.1) is 16.5 Å². The average Bonchev–Trinajstić information content (AvgIpc) is 2.88. The molecule has 0 bridgehead atoms. The van der Waals surface area contributed by atoms with Crippen LogP contribution in [0.1, 0.15) is 5.56 Å². The molecule has 0 aliphatic rings. The second-order valence-electron chi connectivity index (χ2n) is 7.26. The smallest absolute Gasteiger partial charge is 0.165 e. The number of hydrogen-bond donors (Lipinski definition) is 0. The van der Waals surface area contributed by atoms with E-state index < -0.39 is 5.82 Å². The molecule has 0 unspecified atom stereocenters. The Morgan fingerprint density at radius 3 is 2.49 bits per heavy atom. The first kappa shape index (κ1) is 24.4. The maximum absolute atomic E-state index is 15.3. The first-order valence-corrected chi connectivity index (χ1v) is 11.5. The summed E-state index contributed by atoms with van der Waals surface area (Å²) in [5.74, 6) is 1.49. The van der Waals surface area contributed by atoms with E-state index in [0.29, 0.717) is 38.9 Å². The Hall–Kier alpha value is -3.74. The summed E-state index contributed by atoms with van der Waals surface area (Å²) < 4.78 is 31.5.